The van der Waals surface area contributed by atoms with E-state index in [-0.39, 0.29) is 12.5 Å². The zero-order valence-corrected chi connectivity index (χ0v) is 15.7. The molecule has 0 unspecified atom stereocenters. The fraction of sp³-hybridized carbons (Fsp3) is 0.200. The average Bonchev–Trinajstić information content (AvgIpc) is 3.32. The molecule has 0 spiro atoms. The molecule has 8 nitrogen and oxygen atoms in total. The number of carbonyl (C=O) groups is 1. The second-order valence-electron chi connectivity index (χ2n) is 6.31. The maximum Gasteiger partial charge on any atom is 0.254 e. The van der Waals surface area contributed by atoms with Gasteiger partial charge in [-0.3, -0.25) is 4.79 Å². The van der Waals surface area contributed by atoms with Crippen molar-refractivity contribution in [3.63, 3.8) is 0 Å². The summed E-state index contributed by atoms with van der Waals surface area (Å²) in [7, 11) is 3.28. The highest BCUT2D eigenvalue weighted by molar-refractivity contribution is 5.97. The van der Waals surface area contributed by atoms with Crippen LogP contribution in [0.15, 0.2) is 51.3 Å². The Morgan fingerprint density at radius 2 is 2.00 bits per heavy atom. The van der Waals surface area contributed by atoms with Crippen molar-refractivity contribution in [1.29, 1.82) is 0 Å². The summed E-state index contributed by atoms with van der Waals surface area (Å²) in [6.07, 6.45) is 0. The SMILES string of the molecule is COc1cccc(-c2nc3ccc(C(=O)N(C)Cc4nnc(C)o4)cc3o2)c1. The highest BCUT2D eigenvalue weighted by Crippen LogP contribution is 2.27. The minimum absolute atomic E-state index is 0.183. The number of hydrogen-bond donors (Lipinski definition) is 0. The van der Waals surface area contributed by atoms with Crippen molar-refractivity contribution in [2.24, 2.45) is 0 Å². The molecule has 0 N–H and O–H groups in total. The van der Waals surface area contributed by atoms with Crippen LogP contribution in [-0.4, -0.2) is 40.1 Å². The molecule has 0 saturated carbocycles. The van der Waals surface area contributed by atoms with Crippen LogP contribution in [0.4, 0.5) is 0 Å². The van der Waals surface area contributed by atoms with Crippen LogP contribution in [0.5, 0.6) is 5.75 Å². The van der Waals surface area contributed by atoms with Crippen molar-refractivity contribution >= 4 is 17.0 Å². The van der Waals surface area contributed by atoms with Crippen molar-refractivity contribution in [3.8, 4) is 17.2 Å². The number of amides is 1. The van der Waals surface area contributed by atoms with Crippen LogP contribution in [-0.2, 0) is 6.54 Å². The first-order valence-electron chi connectivity index (χ1n) is 8.63. The van der Waals surface area contributed by atoms with E-state index < -0.39 is 0 Å². The number of aryl methyl sites for hydroxylation is 1. The summed E-state index contributed by atoms with van der Waals surface area (Å²) in [5.74, 6) is 1.84. The predicted molar refractivity (Wildman–Crippen MR) is 101 cm³/mol. The molecule has 28 heavy (non-hydrogen) atoms. The van der Waals surface area contributed by atoms with E-state index >= 15 is 0 Å². The van der Waals surface area contributed by atoms with Gasteiger partial charge in [-0.25, -0.2) is 4.98 Å². The van der Waals surface area contributed by atoms with Crippen molar-refractivity contribution in [2.45, 2.75) is 13.5 Å². The molecular formula is C20H18N4O4. The first kappa shape index (κ1) is 17.7. The van der Waals surface area contributed by atoms with Crippen molar-refractivity contribution in [3.05, 3.63) is 59.8 Å². The van der Waals surface area contributed by atoms with Gasteiger partial charge in [-0.05, 0) is 36.4 Å². The molecule has 2 heterocycles. The number of methoxy groups -OCH3 is 1. The normalized spacial score (nSPS) is 11.0. The number of fused-ring (bicyclic) bond motifs is 1. The van der Waals surface area contributed by atoms with Gasteiger partial charge in [-0.2, -0.15) is 0 Å². The number of rotatable bonds is 5. The minimum atomic E-state index is -0.183. The van der Waals surface area contributed by atoms with E-state index in [9.17, 15) is 4.79 Å². The summed E-state index contributed by atoms with van der Waals surface area (Å²) in [4.78, 5) is 18.7. The number of benzene rings is 2. The molecule has 0 aliphatic heterocycles. The first-order chi connectivity index (χ1) is 13.5. The molecule has 4 rings (SSSR count). The van der Waals surface area contributed by atoms with Crippen LogP contribution in [0, 0.1) is 6.92 Å². The summed E-state index contributed by atoms with van der Waals surface area (Å²) in [5, 5.41) is 7.68. The Hall–Kier alpha value is -3.68. The lowest BCUT2D eigenvalue weighted by Crippen LogP contribution is -2.26. The fourth-order valence-electron chi connectivity index (χ4n) is 2.83. The van der Waals surface area contributed by atoms with Gasteiger partial charge in [0.25, 0.3) is 5.91 Å². The molecule has 2 aromatic carbocycles. The largest absolute Gasteiger partial charge is 0.497 e. The lowest BCUT2D eigenvalue weighted by atomic mass is 10.2. The topological polar surface area (TPSA) is 94.5 Å². The quantitative estimate of drug-likeness (QED) is 0.525. The van der Waals surface area contributed by atoms with Crippen LogP contribution in [0.25, 0.3) is 22.6 Å². The molecule has 0 atom stereocenters. The number of hydrogen-bond acceptors (Lipinski definition) is 7. The molecule has 142 valence electrons. The average molecular weight is 378 g/mol. The zero-order chi connectivity index (χ0) is 19.7. The Bertz CT molecular complexity index is 1150. The summed E-state index contributed by atoms with van der Waals surface area (Å²) < 4.78 is 16.4. The van der Waals surface area contributed by atoms with Gasteiger partial charge in [0.1, 0.15) is 11.3 Å². The van der Waals surface area contributed by atoms with E-state index in [1.54, 1.807) is 39.3 Å². The number of nitrogens with zero attached hydrogens (tertiary/aromatic N) is 4. The van der Waals surface area contributed by atoms with E-state index in [0.717, 1.165) is 5.56 Å². The highest BCUT2D eigenvalue weighted by Gasteiger charge is 2.17. The van der Waals surface area contributed by atoms with E-state index in [2.05, 4.69) is 15.2 Å². The summed E-state index contributed by atoms with van der Waals surface area (Å²) in [5.41, 5.74) is 2.49. The van der Waals surface area contributed by atoms with Crippen LogP contribution in [0.2, 0.25) is 0 Å². The van der Waals surface area contributed by atoms with Crippen LogP contribution in [0.1, 0.15) is 22.1 Å². The van der Waals surface area contributed by atoms with Gasteiger partial charge in [0, 0.05) is 25.1 Å². The monoisotopic (exact) mass is 378 g/mol. The van der Waals surface area contributed by atoms with Gasteiger partial charge in [-0.15, -0.1) is 10.2 Å². The van der Waals surface area contributed by atoms with Gasteiger partial charge in [-0.1, -0.05) is 6.07 Å². The van der Waals surface area contributed by atoms with Crippen molar-refractivity contribution in [1.82, 2.24) is 20.1 Å². The second kappa shape index (κ2) is 7.15. The van der Waals surface area contributed by atoms with Crippen LogP contribution >= 0.6 is 0 Å². The smallest absolute Gasteiger partial charge is 0.254 e. The molecule has 0 fully saturated rings. The van der Waals surface area contributed by atoms with E-state index in [1.165, 1.54) is 4.90 Å². The number of ether oxygens (including phenoxy) is 1. The van der Waals surface area contributed by atoms with Crippen LogP contribution in [0.3, 0.4) is 0 Å². The maximum atomic E-state index is 12.7. The standard InChI is InChI=1S/C20H18N4O4/c1-12-22-23-18(27-12)11-24(2)20(25)14-7-8-16-17(10-14)28-19(21-16)13-5-4-6-15(9-13)26-3/h4-10H,11H2,1-3H3. The van der Waals surface area contributed by atoms with E-state index in [0.29, 0.717) is 40.1 Å². The number of oxazole rings is 1. The Morgan fingerprint density at radius 3 is 2.75 bits per heavy atom. The maximum absolute atomic E-state index is 12.7. The summed E-state index contributed by atoms with van der Waals surface area (Å²) in [6, 6.07) is 12.6. The third-order valence-corrected chi connectivity index (χ3v) is 4.24. The number of aromatic nitrogens is 3. The molecule has 4 aromatic rings. The van der Waals surface area contributed by atoms with E-state index in [1.807, 2.05) is 24.3 Å². The van der Waals surface area contributed by atoms with E-state index in [4.69, 9.17) is 13.6 Å². The third kappa shape index (κ3) is 3.44. The van der Waals surface area contributed by atoms with Crippen molar-refractivity contribution < 1.29 is 18.4 Å². The lowest BCUT2D eigenvalue weighted by Gasteiger charge is -2.14. The summed E-state index contributed by atoms with van der Waals surface area (Å²) in [6.45, 7) is 1.93. The van der Waals surface area contributed by atoms with Gasteiger partial charge < -0.3 is 18.5 Å². The molecule has 8 heteroatoms. The Labute approximate surface area is 160 Å². The molecule has 0 radical (unpaired) electrons. The predicted octanol–water partition coefficient (Wildman–Crippen LogP) is 3.47. The molecule has 2 aromatic heterocycles. The molecular weight excluding hydrogens is 360 g/mol. The van der Waals surface area contributed by atoms with Gasteiger partial charge >= 0.3 is 0 Å². The highest BCUT2D eigenvalue weighted by atomic mass is 16.5. The third-order valence-electron chi connectivity index (χ3n) is 4.24. The molecule has 0 saturated heterocycles. The summed E-state index contributed by atoms with van der Waals surface area (Å²) >= 11 is 0. The van der Waals surface area contributed by atoms with Gasteiger partial charge in [0.05, 0.1) is 13.7 Å². The fourth-order valence-corrected chi connectivity index (χ4v) is 2.83. The second-order valence-corrected chi connectivity index (χ2v) is 6.31. The van der Waals surface area contributed by atoms with Gasteiger partial charge in [0.2, 0.25) is 17.7 Å². The first-order valence-corrected chi connectivity index (χ1v) is 8.63. The molecule has 1 amide bonds. The lowest BCUT2D eigenvalue weighted by molar-refractivity contribution is 0.0772. The number of carbonyl (C=O) groups excluding carboxylic acids is 1. The molecule has 0 bridgehead atoms. The zero-order valence-electron chi connectivity index (χ0n) is 15.7. The molecule has 0 aliphatic rings. The molecule has 0 aliphatic carbocycles. The van der Waals surface area contributed by atoms with Crippen molar-refractivity contribution in [2.75, 3.05) is 14.2 Å². The Morgan fingerprint density at radius 1 is 1.14 bits per heavy atom. The van der Waals surface area contributed by atoms with Gasteiger partial charge in [0.15, 0.2) is 5.58 Å². The minimum Gasteiger partial charge on any atom is -0.497 e. The van der Waals surface area contributed by atoms with Crippen LogP contribution < -0.4 is 4.74 Å². The Kier molecular flexibility index (Phi) is 4.52. The Balaban J connectivity index is 1.59.